The van der Waals surface area contributed by atoms with Crippen LogP contribution in [0.15, 0.2) is 18.2 Å². The molecule has 0 amide bonds. The lowest BCUT2D eigenvalue weighted by Crippen LogP contribution is -1.94. The largest absolute Gasteiger partial charge is 0.399 e. The Bertz CT molecular complexity index is 421. The molecule has 2 N–H and O–H groups in total. The summed E-state index contributed by atoms with van der Waals surface area (Å²) in [6.07, 6.45) is 0. The Morgan fingerprint density at radius 3 is 2.86 bits per heavy atom. The summed E-state index contributed by atoms with van der Waals surface area (Å²) in [5, 5.41) is 10.6. The molecule has 0 radical (unpaired) electrons. The van der Waals surface area contributed by atoms with Crippen molar-refractivity contribution in [2.24, 2.45) is 0 Å². The number of benzene rings is 1. The summed E-state index contributed by atoms with van der Waals surface area (Å²) in [6.45, 7) is 0. The van der Waals surface area contributed by atoms with Gasteiger partial charge in [0.2, 0.25) is 0 Å². The standard InChI is InChI=1S/C9H7ClN2O2/c10-5-1-2-7-3-4-8(11)6-9(7)12(13)14/h3-4,6H,5,11H2. The van der Waals surface area contributed by atoms with Crippen LogP contribution < -0.4 is 5.73 Å². The van der Waals surface area contributed by atoms with Crippen LogP contribution in [0.1, 0.15) is 5.56 Å². The van der Waals surface area contributed by atoms with Gasteiger partial charge in [0.25, 0.3) is 5.69 Å². The van der Waals surface area contributed by atoms with Gasteiger partial charge in [-0.2, -0.15) is 0 Å². The molecule has 1 aromatic carbocycles. The molecule has 0 atom stereocenters. The van der Waals surface area contributed by atoms with Gasteiger partial charge >= 0.3 is 0 Å². The van der Waals surface area contributed by atoms with E-state index in [1.807, 2.05) is 0 Å². The molecule has 0 fully saturated rings. The summed E-state index contributed by atoms with van der Waals surface area (Å²) >= 11 is 5.35. The van der Waals surface area contributed by atoms with E-state index >= 15 is 0 Å². The van der Waals surface area contributed by atoms with Crippen molar-refractivity contribution in [3.63, 3.8) is 0 Å². The van der Waals surface area contributed by atoms with Crippen molar-refractivity contribution in [1.29, 1.82) is 0 Å². The van der Waals surface area contributed by atoms with Crippen LogP contribution in [0.3, 0.4) is 0 Å². The minimum absolute atomic E-state index is 0.0948. The van der Waals surface area contributed by atoms with Crippen LogP contribution in [-0.2, 0) is 0 Å². The normalized spacial score (nSPS) is 8.93. The van der Waals surface area contributed by atoms with Gasteiger partial charge in [-0.3, -0.25) is 10.1 Å². The number of nitro groups is 1. The number of alkyl halides is 1. The van der Waals surface area contributed by atoms with Gasteiger partial charge in [0.15, 0.2) is 0 Å². The fraction of sp³-hybridized carbons (Fsp3) is 0.111. The molecule has 4 nitrogen and oxygen atoms in total. The molecule has 0 aliphatic heterocycles. The van der Waals surface area contributed by atoms with Crippen LogP contribution in [-0.4, -0.2) is 10.8 Å². The van der Waals surface area contributed by atoms with E-state index in [-0.39, 0.29) is 11.6 Å². The Balaban J connectivity index is 3.22. The number of halogens is 1. The van der Waals surface area contributed by atoms with Crippen molar-refractivity contribution in [3.05, 3.63) is 33.9 Å². The molecule has 0 bridgehead atoms. The van der Waals surface area contributed by atoms with E-state index in [0.717, 1.165) is 0 Å². The summed E-state index contributed by atoms with van der Waals surface area (Å²) in [4.78, 5) is 10.1. The highest BCUT2D eigenvalue weighted by Gasteiger charge is 2.11. The lowest BCUT2D eigenvalue weighted by molar-refractivity contribution is -0.385. The Morgan fingerprint density at radius 1 is 1.57 bits per heavy atom. The molecule has 0 spiro atoms. The van der Waals surface area contributed by atoms with Gasteiger partial charge in [-0.25, -0.2) is 0 Å². The zero-order valence-corrected chi connectivity index (χ0v) is 7.91. The number of nitrogens with two attached hydrogens (primary N) is 1. The lowest BCUT2D eigenvalue weighted by atomic mass is 10.1. The van der Waals surface area contributed by atoms with Crippen LogP contribution in [0.4, 0.5) is 11.4 Å². The summed E-state index contributed by atoms with van der Waals surface area (Å²) < 4.78 is 0. The first-order chi connectivity index (χ1) is 6.65. The number of nitrogens with zero attached hydrogens (tertiary/aromatic N) is 1. The third kappa shape index (κ3) is 2.38. The molecule has 5 heteroatoms. The van der Waals surface area contributed by atoms with E-state index in [1.54, 1.807) is 6.07 Å². The second-order valence-electron chi connectivity index (χ2n) is 2.47. The fourth-order valence-corrected chi connectivity index (χ4v) is 1.00. The highest BCUT2D eigenvalue weighted by Crippen LogP contribution is 2.20. The minimum Gasteiger partial charge on any atom is -0.399 e. The van der Waals surface area contributed by atoms with Gasteiger partial charge in [-0.05, 0) is 12.1 Å². The first kappa shape index (κ1) is 10.4. The quantitative estimate of drug-likeness (QED) is 0.253. The molecule has 0 unspecified atom stereocenters. The highest BCUT2D eigenvalue weighted by atomic mass is 35.5. The van der Waals surface area contributed by atoms with Gasteiger partial charge in [0.05, 0.1) is 10.8 Å². The number of nitro benzene ring substituents is 1. The first-order valence-corrected chi connectivity index (χ1v) is 4.27. The summed E-state index contributed by atoms with van der Waals surface area (Å²) in [5.74, 6) is 5.28. The second-order valence-corrected chi connectivity index (χ2v) is 2.74. The molecular formula is C9H7ClN2O2. The first-order valence-electron chi connectivity index (χ1n) is 3.74. The molecule has 14 heavy (non-hydrogen) atoms. The van der Waals surface area contributed by atoms with E-state index in [2.05, 4.69) is 11.8 Å². The number of anilines is 1. The second kappa shape index (κ2) is 4.49. The molecule has 0 saturated carbocycles. The Labute approximate surface area is 85.8 Å². The highest BCUT2D eigenvalue weighted by molar-refractivity contribution is 6.19. The van der Waals surface area contributed by atoms with Crippen LogP contribution in [0, 0.1) is 22.0 Å². The Kier molecular flexibility index (Phi) is 3.32. The zero-order chi connectivity index (χ0) is 10.6. The topological polar surface area (TPSA) is 69.2 Å². The predicted molar refractivity (Wildman–Crippen MR) is 55.1 cm³/mol. The van der Waals surface area contributed by atoms with Crippen molar-refractivity contribution < 1.29 is 4.92 Å². The van der Waals surface area contributed by atoms with E-state index < -0.39 is 4.92 Å². The van der Waals surface area contributed by atoms with Gasteiger partial charge in [-0.1, -0.05) is 11.8 Å². The SMILES string of the molecule is Nc1ccc(C#CCCl)c([N+](=O)[O-])c1. The molecule has 0 saturated heterocycles. The maximum Gasteiger partial charge on any atom is 0.286 e. The number of hydrogen-bond donors (Lipinski definition) is 1. The van der Waals surface area contributed by atoms with E-state index in [4.69, 9.17) is 17.3 Å². The van der Waals surface area contributed by atoms with Crippen molar-refractivity contribution in [2.45, 2.75) is 0 Å². The van der Waals surface area contributed by atoms with Crippen molar-refractivity contribution >= 4 is 23.0 Å². The number of nitrogen functional groups attached to an aromatic ring is 1. The predicted octanol–water partition coefficient (Wildman–Crippen LogP) is 1.77. The Hall–Kier alpha value is -1.73. The molecule has 72 valence electrons. The lowest BCUT2D eigenvalue weighted by Gasteiger charge is -1.96. The van der Waals surface area contributed by atoms with Crippen molar-refractivity contribution in [2.75, 3.05) is 11.6 Å². The molecule has 0 aromatic heterocycles. The van der Waals surface area contributed by atoms with Gasteiger partial charge in [-0.15, -0.1) is 11.6 Å². The Morgan fingerprint density at radius 2 is 2.29 bits per heavy atom. The van der Waals surface area contributed by atoms with Crippen molar-refractivity contribution in [1.82, 2.24) is 0 Å². The van der Waals surface area contributed by atoms with Crippen LogP contribution >= 0.6 is 11.6 Å². The van der Waals surface area contributed by atoms with Gasteiger partial charge in [0.1, 0.15) is 5.56 Å². The maximum atomic E-state index is 10.6. The average Bonchev–Trinajstić information content (AvgIpc) is 2.15. The third-order valence-electron chi connectivity index (χ3n) is 1.51. The maximum absolute atomic E-state index is 10.6. The molecule has 0 aliphatic carbocycles. The molecule has 1 rings (SSSR count). The summed E-state index contributed by atoms with van der Waals surface area (Å²) in [6, 6.07) is 4.34. The van der Waals surface area contributed by atoms with E-state index in [1.165, 1.54) is 12.1 Å². The smallest absolute Gasteiger partial charge is 0.286 e. The summed E-state index contributed by atoms with van der Waals surface area (Å²) in [5.41, 5.74) is 5.99. The third-order valence-corrected chi connectivity index (χ3v) is 1.64. The minimum atomic E-state index is -0.519. The average molecular weight is 211 g/mol. The molecule has 0 heterocycles. The monoisotopic (exact) mass is 210 g/mol. The van der Waals surface area contributed by atoms with Crippen LogP contribution in [0.2, 0.25) is 0 Å². The number of hydrogen-bond acceptors (Lipinski definition) is 3. The summed E-state index contributed by atoms with van der Waals surface area (Å²) in [7, 11) is 0. The number of rotatable bonds is 1. The van der Waals surface area contributed by atoms with E-state index in [9.17, 15) is 10.1 Å². The van der Waals surface area contributed by atoms with Gasteiger partial charge in [0, 0.05) is 11.8 Å². The van der Waals surface area contributed by atoms with Gasteiger partial charge < -0.3 is 5.73 Å². The molecular weight excluding hydrogens is 204 g/mol. The van der Waals surface area contributed by atoms with Crippen LogP contribution in [0.5, 0.6) is 0 Å². The molecule has 1 aromatic rings. The van der Waals surface area contributed by atoms with Crippen molar-refractivity contribution in [3.8, 4) is 11.8 Å². The fourth-order valence-electron chi connectivity index (χ4n) is 0.934. The molecule has 0 aliphatic rings. The van der Waals surface area contributed by atoms with Crippen LogP contribution in [0.25, 0.3) is 0 Å². The zero-order valence-electron chi connectivity index (χ0n) is 7.16. The van der Waals surface area contributed by atoms with E-state index in [0.29, 0.717) is 11.3 Å².